The van der Waals surface area contributed by atoms with Crippen LogP contribution in [0, 0.1) is 6.92 Å². The molecule has 6 heteroatoms. The Hall–Kier alpha value is -3.41. The van der Waals surface area contributed by atoms with Gasteiger partial charge in [0.25, 0.3) is 17.5 Å². The number of nitrogens with one attached hydrogen (secondary N) is 1. The van der Waals surface area contributed by atoms with Crippen LogP contribution < -0.4 is 14.9 Å². The van der Waals surface area contributed by atoms with Gasteiger partial charge in [-0.15, -0.1) is 0 Å². The van der Waals surface area contributed by atoms with Gasteiger partial charge >= 0.3 is 5.56 Å². The van der Waals surface area contributed by atoms with Crippen LogP contribution in [0.4, 0.5) is 0 Å². The number of hydrogen-bond acceptors (Lipinski definition) is 3. The van der Waals surface area contributed by atoms with E-state index in [1.54, 1.807) is 0 Å². The second-order valence-electron chi connectivity index (χ2n) is 10.6. The number of hydrogen-bond donors (Lipinski definition) is 1. The highest BCUT2D eigenvalue weighted by Gasteiger charge is 2.43. The molecule has 1 amide bonds. The molecule has 1 saturated carbocycles. The number of nitrogens with zero attached hydrogens (tertiary/aromatic N) is 2. The van der Waals surface area contributed by atoms with Crippen molar-refractivity contribution in [3.63, 3.8) is 0 Å². The van der Waals surface area contributed by atoms with Crippen molar-refractivity contribution in [3.05, 3.63) is 93.2 Å². The number of aromatic amines is 1. The Labute approximate surface area is 212 Å². The predicted octanol–water partition coefficient (Wildman–Crippen LogP) is 4.47. The van der Waals surface area contributed by atoms with E-state index < -0.39 is 0 Å². The molecule has 0 spiro atoms. The summed E-state index contributed by atoms with van der Waals surface area (Å²) >= 11 is 0. The summed E-state index contributed by atoms with van der Waals surface area (Å²) in [6.07, 6.45) is 5.19. The van der Waals surface area contributed by atoms with Crippen LogP contribution in [0.1, 0.15) is 72.5 Å². The number of carbonyl (C=O) groups is 1. The zero-order valence-electron chi connectivity index (χ0n) is 21.5. The van der Waals surface area contributed by atoms with Gasteiger partial charge in [0.1, 0.15) is 13.2 Å². The number of fused-ring (bicyclic) bond motifs is 1. The largest absolute Gasteiger partial charge is 0.478 e. The first-order valence-corrected chi connectivity index (χ1v) is 13.1. The molecule has 0 radical (unpaired) electrons. The third-order valence-electron chi connectivity index (χ3n) is 7.85. The summed E-state index contributed by atoms with van der Waals surface area (Å²) in [6.45, 7) is 7.63. The van der Waals surface area contributed by atoms with E-state index in [9.17, 15) is 9.59 Å². The highest BCUT2D eigenvalue weighted by Crippen LogP contribution is 2.43. The maximum Gasteiger partial charge on any atom is 0.378 e. The molecule has 36 heavy (non-hydrogen) atoms. The molecule has 5 rings (SSSR count). The molecule has 2 aliphatic rings. The van der Waals surface area contributed by atoms with Gasteiger partial charge in [0.15, 0.2) is 0 Å². The minimum Gasteiger partial charge on any atom is -0.478 e. The van der Waals surface area contributed by atoms with Crippen molar-refractivity contribution < 1.29 is 14.1 Å². The van der Waals surface area contributed by atoms with E-state index in [2.05, 4.69) is 36.2 Å². The number of H-pyrrole nitrogens is 1. The number of aryl methyl sites for hydroxylation is 1. The lowest BCUT2D eigenvalue weighted by Crippen LogP contribution is -2.60. The molecule has 1 fully saturated rings. The van der Waals surface area contributed by atoms with Crippen molar-refractivity contribution in [2.45, 2.75) is 77.5 Å². The fraction of sp³-hybridized carbons (Fsp3) is 0.433. The summed E-state index contributed by atoms with van der Waals surface area (Å²) in [5, 5.41) is 0. The fourth-order valence-corrected chi connectivity index (χ4v) is 5.94. The monoisotopic (exact) mass is 486 g/mol. The van der Waals surface area contributed by atoms with E-state index in [0.717, 1.165) is 24.2 Å². The van der Waals surface area contributed by atoms with E-state index in [0.29, 0.717) is 25.2 Å². The summed E-state index contributed by atoms with van der Waals surface area (Å²) in [4.78, 5) is 32.1. The molecule has 2 aromatic carbocycles. The first kappa shape index (κ1) is 24.3. The van der Waals surface area contributed by atoms with Crippen LogP contribution in [0.3, 0.4) is 0 Å². The van der Waals surface area contributed by atoms with E-state index in [1.165, 1.54) is 24.0 Å². The SMILES string of the molecule is Cc1cccc(C2(Cc3[nH]c(=O)c(OCc4ccccc4)c4[n+]3CCN(C(C)C)C4=O)CCCC2)c1. The molecule has 0 atom stereocenters. The Morgan fingerprint density at radius 3 is 2.50 bits per heavy atom. The third-order valence-corrected chi connectivity index (χ3v) is 7.85. The zero-order valence-corrected chi connectivity index (χ0v) is 21.5. The van der Waals surface area contributed by atoms with Crippen LogP contribution in [0.15, 0.2) is 59.4 Å². The number of carbonyl (C=O) groups excluding carboxylic acids is 1. The minimum absolute atomic E-state index is 0.0413. The molecule has 1 N–H and O–H groups in total. The van der Waals surface area contributed by atoms with Crippen molar-refractivity contribution in [1.82, 2.24) is 9.88 Å². The van der Waals surface area contributed by atoms with E-state index in [-0.39, 0.29) is 35.3 Å². The Kier molecular flexibility index (Phi) is 6.69. The van der Waals surface area contributed by atoms with Crippen LogP contribution in [0.5, 0.6) is 5.75 Å². The van der Waals surface area contributed by atoms with Gasteiger partial charge in [-0.1, -0.05) is 73.0 Å². The van der Waals surface area contributed by atoms with E-state index in [4.69, 9.17) is 4.74 Å². The lowest BCUT2D eigenvalue weighted by atomic mass is 9.75. The molecule has 6 nitrogen and oxygen atoms in total. The molecule has 0 bridgehead atoms. The average molecular weight is 487 g/mol. The standard InChI is InChI=1S/C30H35N3O3/c1-21(2)32-16-17-33-25(19-30(14-7-8-15-30)24-13-9-10-22(3)18-24)31-28(34)27(26(33)29(32)35)36-20-23-11-5-4-6-12-23/h4-6,9-13,18,21H,7-8,14-17,19-20H2,1-3H3/p+1. The molecular weight excluding hydrogens is 450 g/mol. The second-order valence-corrected chi connectivity index (χ2v) is 10.6. The van der Waals surface area contributed by atoms with Crippen molar-refractivity contribution in [2.75, 3.05) is 6.54 Å². The first-order valence-electron chi connectivity index (χ1n) is 13.1. The number of ether oxygens (including phenoxy) is 1. The zero-order chi connectivity index (χ0) is 25.3. The smallest absolute Gasteiger partial charge is 0.378 e. The predicted molar refractivity (Wildman–Crippen MR) is 139 cm³/mol. The van der Waals surface area contributed by atoms with Gasteiger partial charge in [-0.25, -0.2) is 14.3 Å². The molecule has 0 saturated heterocycles. The lowest BCUT2D eigenvalue weighted by Gasteiger charge is -2.33. The van der Waals surface area contributed by atoms with Gasteiger partial charge < -0.3 is 9.64 Å². The highest BCUT2D eigenvalue weighted by atomic mass is 16.5. The van der Waals surface area contributed by atoms with Gasteiger partial charge in [-0.05, 0) is 44.7 Å². The van der Waals surface area contributed by atoms with Crippen molar-refractivity contribution in [1.29, 1.82) is 0 Å². The topological polar surface area (TPSA) is 66.3 Å². The highest BCUT2D eigenvalue weighted by molar-refractivity contribution is 5.94. The van der Waals surface area contributed by atoms with Crippen LogP contribution >= 0.6 is 0 Å². The Morgan fingerprint density at radius 2 is 1.81 bits per heavy atom. The summed E-state index contributed by atoms with van der Waals surface area (Å²) in [6, 6.07) is 18.5. The van der Waals surface area contributed by atoms with Crippen LogP contribution in [-0.2, 0) is 25.0 Å². The van der Waals surface area contributed by atoms with Crippen molar-refractivity contribution >= 4 is 5.91 Å². The number of aromatic nitrogens is 2. The minimum atomic E-state index is -0.330. The molecule has 0 unspecified atom stereocenters. The number of benzene rings is 2. The second kappa shape index (κ2) is 9.92. The van der Waals surface area contributed by atoms with Crippen molar-refractivity contribution in [2.24, 2.45) is 0 Å². The summed E-state index contributed by atoms with van der Waals surface area (Å²) < 4.78 is 8.08. The molecule has 1 aromatic heterocycles. The Balaban J connectivity index is 1.58. The fourth-order valence-electron chi connectivity index (χ4n) is 5.94. The quantitative estimate of drug-likeness (QED) is 0.501. The third kappa shape index (κ3) is 4.57. The van der Waals surface area contributed by atoms with Gasteiger partial charge in [0.2, 0.25) is 5.69 Å². The number of rotatable bonds is 7. The Morgan fingerprint density at radius 1 is 1.06 bits per heavy atom. The van der Waals surface area contributed by atoms with Crippen LogP contribution in [0.2, 0.25) is 0 Å². The summed E-state index contributed by atoms with van der Waals surface area (Å²) in [5.41, 5.74) is 3.53. The number of amides is 1. The van der Waals surface area contributed by atoms with Gasteiger partial charge in [-0.3, -0.25) is 4.79 Å². The molecule has 1 aliphatic carbocycles. The normalized spacial score (nSPS) is 16.9. The van der Waals surface area contributed by atoms with E-state index in [1.807, 2.05) is 53.6 Å². The van der Waals surface area contributed by atoms with E-state index >= 15 is 0 Å². The summed E-state index contributed by atoms with van der Waals surface area (Å²) in [5.74, 6) is 0.805. The molecule has 188 valence electrons. The van der Waals surface area contributed by atoms with Crippen molar-refractivity contribution in [3.8, 4) is 5.75 Å². The van der Waals surface area contributed by atoms with Crippen LogP contribution in [-0.4, -0.2) is 28.4 Å². The van der Waals surface area contributed by atoms with Gasteiger partial charge in [0.05, 0.1) is 13.0 Å². The van der Waals surface area contributed by atoms with Gasteiger partial charge in [-0.2, -0.15) is 0 Å². The average Bonchev–Trinajstić information content (AvgIpc) is 3.34. The lowest BCUT2D eigenvalue weighted by molar-refractivity contribution is -0.713. The molecule has 2 heterocycles. The van der Waals surface area contributed by atoms with Gasteiger partial charge in [0, 0.05) is 11.5 Å². The maximum atomic E-state index is 13.7. The summed E-state index contributed by atoms with van der Waals surface area (Å²) in [7, 11) is 0. The first-order chi connectivity index (χ1) is 17.4. The maximum absolute atomic E-state index is 13.7. The van der Waals surface area contributed by atoms with Crippen LogP contribution in [0.25, 0.3) is 0 Å². The molecule has 1 aliphatic heterocycles. The molecular formula is C30H36N3O3+. The Bertz CT molecular complexity index is 1310. The molecule has 3 aromatic rings.